The minimum Gasteiger partial charge on any atom is -0.306 e. The Morgan fingerprint density at radius 3 is 1.42 bits per heavy atom. The second-order valence-electron chi connectivity index (χ2n) is 12.5. The molecule has 0 spiro atoms. The molecule has 2 aliphatic rings. The van der Waals surface area contributed by atoms with Crippen molar-refractivity contribution < 1.29 is 0 Å². The molecule has 10 rings (SSSR count). The molecule has 0 N–H and O–H groups in total. The van der Waals surface area contributed by atoms with Gasteiger partial charge in [-0.25, -0.2) is 15.0 Å². The Bertz CT molecular complexity index is 2490. The fourth-order valence-corrected chi connectivity index (χ4v) is 7.34. The number of aromatic nitrogens is 3. The number of fused-ring (bicyclic) bond motifs is 7. The van der Waals surface area contributed by atoms with E-state index < -0.39 is 0 Å². The molecule has 234 valence electrons. The fraction of sp³-hybridized carbons (Fsp3) is 0. The van der Waals surface area contributed by atoms with E-state index in [2.05, 4.69) is 125 Å². The van der Waals surface area contributed by atoms with Crippen LogP contribution in [0.25, 0.3) is 56.4 Å². The van der Waals surface area contributed by atoms with Gasteiger partial charge in [-0.3, -0.25) is 0 Å². The molecule has 0 atom stereocenters. The molecule has 0 saturated carbocycles. The van der Waals surface area contributed by atoms with Gasteiger partial charge in [0, 0.05) is 33.5 Å². The maximum atomic E-state index is 5.07. The zero-order valence-corrected chi connectivity index (χ0v) is 27.0. The van der Waals surface area contributed by atoms with Gasteiger partial charge in [-0.2, -0.15) is 0 Å². The van der Waals surface area contributed by atoms with E-state index in [-0.39, 0.29) is 0 Å². The molecule has 0 amide bonds. The van der Waals surface area contributed by atoms with Gasteiger partial charge in [-0.15, -0.1) is 0 Å². The number of para-hydroxylation sites is 4. The second-order valence-corrected chi connectivity index (χ2v) is 12.5. The van der Waals surface area contributed by atoms with E-state index >= 15 is 0 Å². The predicted molar refractivity (Wildman–Crippen MR) is 203 cm³/mol. The molecular formula is C45H29N5. The molecular weight excluding hydrogens is 611 g/mol. The zero-order chi connectivity index (χ0) is 33.0. The first-order chi connectivity index (χ1) is 24.8. The number of hydrogen-bond acceptors (Lipinski definition) is 5. The predicted octanol–water partition coefficient (Wildman–Crippen LogP) is 11.8. The van der Waals surface area contributed by atoms with E-state index in [4.69, 9.17) is 15.0 Å². The van der Waals surface area contributed by atoms with Crippen molar-refractivity contribution in [2.45, 2.75) is 0 Å². The molecule has 0 aliphatic carbocycles. The average molecular weight is 640 g/mol. The van der Waals surface area contributed by atoms with Crippen LogP contribution in [0.1, 0.15) is 0 Å². The quantitative estimate of drug-likeness (QED) is 0.192. The minimum absolute atomic E-state index is 0.634. The first kappa shape index (κ1) is 28.2. The molecule has 1 aromatic heterocycles. The van der Waals surface area contributed by atoms with Crippen LogP contribution in [-0.4, -0.2) is 15.0 Å². The molecule has 0 radical (unpaired) electrons. The van der Waals surface area contributed by atoms with E-state index in [1.54, 1.807) is 0 Å². The Kier molecular flexibility index (Phi) is 6.42. The third kappa shape index (κ3) is 4.45. The van der Waals surface area contributed by atoms with Crippen molar-refractivity contribution in [3.8, 4) is 56.4 Å². The van der Waals surface area contributed by atoms with Crippen molar-refractivity contribution in [2.75, 3.05) is 9.80 Å². The Balaban J connectivity index is 1.23. The van der Waals surface area contributed by atoms with Gasteiger partial charge in [0.05, 0.1) is 28.4 Å². The standard InChI is InChI=1S/C45H29N5/c1-4-15-30(16-5-1)43-46-44(31-17-6-2-7-18-31)48-45(47-43)32-27-28-38-37(29-32)35-22-11-10-21-34(35)36-23-14-26-41-42(36)50(38)40-25-13-12-24-39(40)49(41)33-19-8-3-9-20-33/h1-29H. The molecule has 7 aromatic carbocycles. The SMILES string of the molecule is c1ccc(-c2nc(-c3ccccc3)nc(-c3ccc4c(c3)-c3ccccc3-c3cccc5c3N4c3ccccc3N5c3ccccc3)n2)cc1. The number of rotatable bonds is 4. The summed E-state index contributed by atoms with van der Waals surface area (Å²) in [5.74, 6) is 1.93. The van der Waals surface area contributed by atoms with Gasteiger partial charge < -0.3 is 9.80 Å². The highest BCUT2D eigenvalue weighted by Crippen LogP contribution is 2.60. The normalized spacial score (nSPS) is 12.3. The van der Waals surface area contributed by atoms with Gasteiger partial charge in [0.25, 0.3) is 0 Å². The van der Waals surface area contributed by atoms with Gasteiger partial charge in [0.1, 0.15) is 0 Å². The van der Waals surface area contributed by atoms with Crippen LogP contribution in [0.5, 0.6) is 0 Å². The molecule has 2 aliphatic heterocycles. The Morgan fingerprint density at radius 2 is 0.780 bits per heavy atom. The Morgan fingerprint density at radius 1 is 0.300 bits per heavy atom. The summed E-state index contributed by atoms with van der Waals surface area (Å²) in [4.78, 5) is 19.9. The number of nitrogens with zero attached hydrogens (tertiary/aromatic N) is 5. The van der Waals surface area contributed by atoms with E-state index in [1.807, 2.05) is 60.7 Å². The van der Waals surface area contributed by atoms with E-state index in [1.165, 1.54) is 11.1 Å². The number of anilines is 6. The van der Waals surface area contributed by atoms with Crippen molar-refractivity contribution in [3.63, 3.8) is 0 Å². The monoisotopic (exact) mass is 639 g/mol. The van der Waals surface area contributed by atoms with Crippen LogP contribution in [0.15, 0.2) is 176 Å². The summed E-state index contributed by atoms with van der Waals surface area (Å²) in [6.45, 7) is 0. The second kappa shape index (κ2) is 11.4. The van der Waals surface area contributed by atoms with Gasteiger partial charge in [0.15, 0.2) is 17.5 Å². The first-order valence-electron chi connectivity index (χ1n) is 16.8. The zero-order valence-electron chi connectivity index (χ0n) is 27.0. The van der Waals surface area contributed by atoms with Gasteiger partial charge in [0.2, 0.25) is 0 Å². The topological polar surface area (TPSA) is 45.2 Å². The lowest BCUT2D eigenvalue weighted by atomic mass is 9.93. The summed E-state index contributed by atoms with van der Waals surface area (Å²) in [6, 6.07) is 61.6. The maximum Gasteiger partial charge on any atom is 0.164 e. The van der Waals surface area contributed by atoms with Crippen LogP contribution in [0.3, 0.4) is 0 Å². The first-order valence-corrected chi connectivity index (χ1v) is 16.8. The molecule has 8 aromatic rings. The lowest BCUT2D eigenvalue weighted by molar-refractivity contribution is 1.07. The summed E-state index contributed by atoms with van der Waals surface area (Å²) < 4.78 is 0. The lowest BCUT2D eigenvalue weighted by Crippen LogP contribution is -2.24. The van der Waals surface area contributed by atoms with Crippen molar-refractivity contribution in [3.05, 3.63) is 176 Å². The summed E-state index contributed by atoms with van der Waals surface area (Å²) >= 11 is 0. The molecule has 0 saturated heterocycles. The Labute approximate surface area is 290 Å². The summed E-state index contributed by atoms with van der Waals surface area (Å²) in [6.07, 6.45) is 0. The molecule has 0 bridgehead atoms. The van der Waals surface area contributed by atoms with Crippen molar-refractivity contribution in [2.24, 2.45) is 0 Å². The largest absolute Gasteiger partial charge is 0.306 e. The highest BCUT2D eigenvalue weighted by Gasteiger charge is 2.36. The van der Waals surface area contributed by atoms with E-state index in [0.29, 0.717) is 17.5 Å². The molecule has 5 nitrogen and oxygen atoms in total. The fourth-order valence-electron chi connectivity index (χ4n) is 7.34. The third-order valence-corrected chi connectivity index (χ3v) is 9.56. The van der Waals surface area contributed by atoms with Crippen LogP contribution < -0.4 is 9.80 Å². The summed E-state index contributed by atoms with van der Waals surface area (Å²) in [5.41, 5.74) is 14.2. The van der Waals surface area contributed by atoms with Gasteiger partial charge >= 0.3 is 0 Å². The minimum atomic E-state index is 0.634. The van der Waals surface area contributed by atoms with Crippen molar-refractivity contribution >= 4 is 34.1 Å². The lowest BCUT2D eigenvalue weighted by Gasteiger charge is -2.41. The van der Waals surface area contributed by atoms with Gasteiger partial charge in [-0.1, -0.05) is 127 Å². The summed E-state index contributed by atoms with van der Waals surface area (Å²) in [5, 5.41) is 0. The molecule has 3 heterocycles. The number of benzene rings is 7. The molecule has 0 unspecified atom stereocenters. The van der Waals surface area contributed by atoms with Gasteiger partial charge in [-0.05, 0) is 59.7 Å². The van der Waals surface area contributed by atoms with Crippen LogP contribution in [0, 0.1) is 0 Å². The van der Waals surface area contributed by atoms with Crippen LogP contribution in [0.4, 0.5) is 34.1 Å². The number of hydrogen-bond donors (Lipinski definition) is 0. The maximum absolute atomic E-state index is 5.07. The van der Waals surface area contributed by atoms with E-state index in [9.17, 15) is 0 Å². The highest BCUT2D eigenvalue weighted by atomic mass is 15.3. The molecule has 50 heavy (non-hydrogen) atoms. The van der Waals surface area contributed by atoms with Crippen molar-refractivity contribution in [1.29, 1.82) is 0 Å². The Hall–Kier alpha value is -6.85. The summed E-state index contributed by atoms with van der Waals surface area (Å²) in [7, 11) is 0. The molecule has 0 fully saturated rings. The highest BCUT2D eigenvalue weighted by molar-refractivity contribution is 6.12. The van der Waals surface area contributed by atoms with Crippen molar-refractivity contribution in [1.82, 2.24) is 15.0 Å². The third-order valence-electron chi connectivity index (χ3n) is 9.56. The molecule has 5 heteroatoms. The van der Waals surface area contributed by atoms with Crippen LogP contribution in [-0.2, 0) is 0 Å². The van der Waals surface area contributed by atoms with Crippen LogP contribution in [0.2, 0.25) is 0 Å². The van der Waals surface area contributed by atoms with E-state index in [0.717, 1.165) is 61.9 Å². The van der Waals surface area contributed by atoms with Crippen LogP contribution >= 0.6 is 0 Å². The average Bonchev–Trinajstić information content (AvgIpc) is 3.32. The smallest absolute Gasteiger partial charge is 0.164 e.